The Kier molecular flexibility index (Phi) is 5.50. The van der Waals surface area contributed by atoms with Gasteiger partial charge in [-0.25, -0.2) is 0 Å². The molecule has 24 heavy (non-hydrogen) atoms. The zero-order chi connectivity index (χ0) is 17.1. The minimum absolute atomic E-state index is 0.0512. The molecular formula is C17H28N4O3. The van der Waals surface area contributed by atoms with E-state index < -0.39 is 6.10 Å². The van der Waals surface area contributed by atoms with E-state index in [0.717, 1.165) is 44.1 Å². The molecule has 0 aromatic carbocycles. The molecule has 0 bridgehead atoms. The standard InChI is InChI=1S/C17H28N4O3/c1-4-14-18-19-15-10-20(7-8-21(14)15)17(22)16(12(2)3)24-11-13-6-5-9-23-13/h12-13,16H,4-11H2,1-3H3/t13-,16-/m1/s1. The molecule has 7 heteroatoms. The minimum atomic E-state index is -0.422. The van der Waals surface area contributed by atoms with Gasteiger partial charge in [-0.2, -0.15) is 0 Å². The number of aryl methyl sites for hydroxylation is 1. The Labute approximate surface area is 143 Å². The fourth-order valence-corrected chi connectivity index (χ4v) is 3.38. The predicted octanol–water partition coefficient (Wildman–Crippen LogP) is 1.40. The third-order valence-corrected chi connectivity index (χ3v) is 4.79. The topological polar surface area (TPSA) is 69.5 Å². The monoisotopic (exact) mass is 336 g/mol. The number of hydrogen-bond donors (Lipinski definition) is 0. The van der Waals surface area contributed by atoms with Gasteiger partial charge in [0, 0.05) is 26.1 Å². The number of aromatic nitrogens is 3. The van der Waals surface area contributed by atoms with E-state index in [2.05, 4.69) is 21.7 Å². The Morgan fingerprint density at radius 3 is 2.88 bits per heavy atom. The van der Waals surface area contributed by atoms with Crippen LogP contribution >= 0.6 is 0 Å². The molecule has 7 nitrogen and oxygen atoms in total. The van der Waals surface area contributed by atoms with Gasteiger partial charge >= 0.3 is 0 Å². The van der Waals surface area contributed by atoms with Crippen LogP contribution in [-0.2, 0) is 33.8 Å². The van der Waals surface area contributed by atoms with Crippen LogP contribution in [0.5, 0.6) is 0 Å². The normalized spacial score (nSPS) is 22.0. The molecule has 3 heterocycles. The second-order valence-corrected chi connectivity index (χ2v) is 6.93. The van der Waals surface area contributed by atoms with E-state index in [0.29, 0.717) is 19.7 Å². The smallest absolute Gasteiger partial charge is 0.252 e. The fourth-order valence-electron chi connectivity index (χ4n) is 3.38. The predicted molar refractivity (Wildman–Crippen MR) is 88.4 cm³/mol. The van der Waals surface area contributed by atoms with E-state index in [1.54, 1.807) is 0 Å². The van der Waals surface area contributed by atoms with Gasteiger partial charge in [0.05, 0.1) is 19.3 Å². The largest absolute Gasteiger partial charge is 0.376 e. The molecule has 0 spiro atoms. The van der Waals surface area contributed by atoms with Gasteiger partial charge in [0.1, 0.15) is 11.9 Å². The van der Waals surface area contributed by atoms with E-state index in [4.69, 9.17) is 9.47 Å². The molecule has 2 aliphatic rings. The summed E-state index contributed by atoms with van der Waals surface area (Å²) in [5.74, 6) is 2.04. The molecular weight excluding hydrogens is 308 g/mol. The fraction of sp³-hybridized carbons (Fsp3) is 0.824. The molecule has 3 rings (SSSR count). The molecule has 0 N–H and O–H groups in total. The van der Waals surface area contributed by atoms with E-state index in [-0.39, 0.29) is 17.9 Å². The van der Waals surface area contributed by atoms with Crippen LogP contribution in [0.4, 0.5) is 0 Å². The van der Waals surface area contributed by atoms with Gasteiger partial charge in [0.15, 0.2) is 5.82 Å². The van der Waals surface area contributed by atoms with Crippen molar-refractivity contribution in [3.63, 3.8) is 0 Å². The highest BCUT2D eigenvalue weighted by atomic mass is 16.5. The number of ether oxygens (including phenoxy) is 2. The number of amides is 1. The first kappa shape index (κ1) is 17.4. The molecule has 1 saturated heterocycles. The average molecular weight is 336 g/mol. The highest BCUT2D eigenvalue weighted by Crippen LogP contribution is 2.19. The van der Waals surface area contributed by atoms with Crippen molar-refractivity contribution in [2.45, 2.75) is 65.3 Å². The van der Waals surface area contributed by atoms with Crippen LogP contribution in [0, 0.1) is 5.92 Å². The summed E-state index contributed by atoms with van der Waals surface area (Å²) in [7, 11) is 0. The van der Waals surface area contributed by atoms with Crippen molar-refractivity contribution in [3.8, 4) is 0 Å². The van der Waals surface area contributed by atoms with Gasteiger partial charge in [-0.15, -0.1) is 10.2 Å². The molecule has 2 aliphatic heterocycles. The maximum atomic E-state index is 12.9. The average Bonchev–Trinajstić information content (AvgIpc) is 3.23. The first-order valence-corrected chi connectivity index (χ1v) is 9.03. The van der Waals surface area contributed by atoms with E-state index >= 15 is 0 Å². The lowest BCUT2D eigenvalue weighted by Crippen LogP contribution is -2.47. The summed E-state index contributed by atoms with van der Waals surface area (Å²) in [6.45, 7) is 9.38. The highest BCUT2D eigenvalue weighted by molar-refractivity contribution is 5.81. The van der Waals surface area contributed by atoms with Crippen molar-refractivity contribution in [1.82, 2.24) is 19.7 Å². The zero-order valence-electron chi connectivity index (χ0n) is 14.9. The number of rotatable bonds is 6. The number of fused-ring (bicyclic) bond motifs is 1. The Morgan fingerprint density at radius 2 is 2.21 bits per heavy atom. The SMILES string of the molecule is CCc1nnc2n1CCN(C(=O)[C@H](OC[C@H]1CCCO1)C(C)C)C2. The quantitative estimate of drug-likeness (QED) is 0.785. The van der Waals surface area contributed by atoms with Crippen LogP contribution in [0.15, 0.2) is 0 Å². The summed E-state index contributed by atoms with van der Waals surface area (Å²) in [5, 5.41) is 8.44. The molecule has 2 atom stereocenters. The van der Waals surface area contributed by atoms with Gasteiger partial charge < -0.3 is 18.9 Å². The summed E-state index contributed by atoms with van der Waals surface area (Å²) >= 11 is 0. The van der Waals surface area contributed by atoms with Crippen molar-refractivity contribution in [3.05, 3.63) is 11.6 Å². The zero-order valence-corrected chi connectivity index (χ0v) is 14.9. The molecule has 0 unspecified atom stereocenters. The van der Waals surface area contributed by atoms with Crippen LogP contribution in [0.3, 0.4) is 0 Å². The lowest BCUT2D eigenvalue weighted by Gasteiger charge is -2.32. The van der Waals surface area contributed by atoms with Gasteiger partial charge in [0.25, 0.3) is 5.91 Å². The summed E-state index contributed by atoms with van der Waals surface area (Å²) in [5.41, 5.74) is 0. The Morgan fingerprint density at radius 1 is 1.38 bits per heavy atom. The first-order valence-electron chi connectivity index (χ1n) is 9.03. The molecule has 1 amide bonds. The third kappa shape index (κ3) is 3.62. The van der Waals surface area contributed by atoms with Crippen LogP contribution in [0.25, 0.3) is 0 Å². The van der Waals surface area contributed by atoms with Crippen molar-refractivity contribution in [2.24, 2.45) is 5.92 Å². The minimum Gasteiger partial charge on any atom is -0.376 e. The number of nitrogens with zero attached hydrogens (tertiary/aromatic N) is 4. The van der Waals surface area contributed by atoms with Crippen molar-refractivity contribution in [2.75, 3.05) is 19.8 Å². The lowest BCUT2D eigenvalue weighted by atomic mass is 10.1. The second kappa shape index (κ2) is 7.61. The van der Waals surface area contributed by atoms with Crippen LogP contribution in [0.2, 0.25) is 0 Å². The van der Waals surface area contributed by atoms with Gasteiger partial charge in [0.2, 0.25) is 0 Å². The van der Waals surface area contributed by atoms with Gasteiger partial charge in [-0.3, -0.25) is 4.79 Å². The Bertz CT molecular complexity index is 566. The van der Waals surface area contributed by atoms with Crippen molar-refractivity contribution < 1.29 is 14.3 Å². The molecule has 0 radical (unpaired) electrons. The second-order valence-electron chi connectivity index (χ2n) is 6.93. The molecule has 1 aromatic heterocycles. The van der Waals surface area contributed by atoms with Crippen molar-refractivity contribution in [1.29, 1.82) is 0 Å². The van der Waals surface area contributed by atoms with Gasteiger partial charge in [-0.05, 0) is 18.8 Å². The van der Waals surface area contributed by atoms with Crippen LogP contribution < -0.4 is 0 Å². The van der Waals surface area contributed by atoms with Gasteiger partial charge in [-0.1, -0.05) is 20.8 Å². The maximum absolute atomic E-state index is 12.9. The molecule has 0 saturated carbocycles. The van der Waals surface area contributed by atoms with Crippen LogP contribution in [-0.4, -0.2) is 57.5 Å². The highest BCUT2D eigenvalue weighted by Gasteiger charge is 2.32. The lowest BCUT2D eigenvalue weighted by molar-refractivity contribution is -0.150. The third-order valence-electron chi connectivity index (χ3n) is 4.79. The number of carbonyl (C=O) groups excluding carboxylic acids is 1. The van der Waals surface area contributed by atoms with Crippen molar-refractivity contribution >= 4 is 5.91 Å². The summed E-state index contributed by atoms with van der Waals surface area (Å²) in [6.07, 6.45) is 2.67. The van der Waals surface area contributed by atoms with E-state index in [9.17, 15) is 4.79 Å². The summed E-state index contributed by atoms with van der Waals surface area (Å²) < 4.78 is 13.7. The molecule has 0 aliphatic carbocycles. The maximum Gasteiger partial charge on any atom is 0.252 e. The molecule has 134 valence electrons. The Balaban J connectivity index is 1.62. The molecule has 1 fully saturated rings. The summed E-state index contributed by atoms with van der Waals surface area (Å²) in [6, 6.07) is 0. The van der Waals surface area contributed by atoms with E-state index in [1.807, 2.05) is 18.7 Å². The Hall–Kier alpha value is -1.47. The van der Waals surface area contributed by atoms with E-state index in [1.165, 1.54) is 0 Å². The van der Waals surface area contributed by atoms with Crippen LogP contribution in [0.1, 0.15) is 45.3 Å². The molecule has 1 aromatic rings. The number of carbonyl (C=O) groups is 1. The first-order chi connectivity index (χ1) is 11.6. The summed E-state index contributed by atoms with van der Waals surface area (Å²) in [4.78, 5) is 14.8. The number of hydrogen-bond acceptors (Lipinski definition) is 5.